The number of hydrogen-bond donors (Lipinski definition) is 2. The van der Waals surface area contributed by atoms with Gasteiger partial charge in [-0.15, -0.1) is 0 Å². The zero-order valence-electron chi connectivity index (χ0n) is 10.1. The van der Waals surface area contributed by atoms with Crippen molar-refractivity contribution in [3.05, 3.63) is 12.7 Å². The predicted molar refractivity (Wildman–Crippen MR) is 60.0 cm³/mol. The number of piperidine rings is 1. The Balaban J connectivity index is 2.78. The smallest absolute Gasteiger partial charge is 0.352 e. The molecule has 7 heteroatoms. The first kappa shape index (κ1) is 14.6. The second-order valence-electron chi connectivity index (χ2n) is 4.21. The molecule has 5 nitrogen and oxygen atoms in total. The van der Waals surface area contributed by atoms with Crippen LogP contribution in [0, 0.1) is 0 Å². The normalized spacial score (nSPS) is 19.2. The molecule has 1 rings (SSSR count). The molecule has 1 fully saturated rings. The van der Waals surface area contributed by atoms with E-state index in [9.17, 15) is 23.5 Å². The van der Waals surface area contributed by atoms with Gasteiger partial charge in [0.1, 0.15) is 5.60 Å². The van der Waals surface area contributed by atoms with E-state index in [1.165, 1.54) is 4.90 Å². The van der Waals surface area contributed by atoms with E-state index >= 15 is 0 Å². The summed E-state index contributed by atoms with van der Waals surface area (Å²) in [4.78, 5) is 23.7. The first-order valence-electron chi connectivity index (χ1n) is 5.52. The minimum absolute atomic E-state index is 0.0338. The van der Waals surface area contributed by atoms with Crippen LogP contribution < -0.4 is 5.32 Å². The number of carbonyl (C=O) groups excluding carboxylic acids is 2. The number of amides is 2. The molecule has 1 heterocycles. The van der Waals surface area contributed by atoms with Crippen molar-refractivity contribution in [2.45, 2.75) is 24.4 Å². The molecule has 102 valence electrons. The Hall–Kier alpha value is -1.50. The van der Waals surface area contributed by atoms with Crippen LogP contribution in [0.15, 0.2) is 12.7 Å². The second-order valence-corrected chi connectivity index (χ2v) is 4.21. The monoisotopic (exact) mass is 262 g/mol. The van der Waals surface area contributed by atoms with E-state index in [0.29, 0.717) is 0 Å². The molecule has 0 aromatic heterocycles. The highest BCUT2D eigenvalue weighted by atomic mass is 19.3. The lowest BCUT2D eigenvalue weighted by Gasteiger charge is -2.41. The van der Waals surface area contributed by atoms with Crippen molar-refractivity contribution in [2.75, 3.05) is 20.1 Å². The van der Waals surface area contributed by atoms with Gasteiger partial charge < -0.3 is 15.3 Å². The molecular formula is C11H16F2N2O3. The van der Waals surface area contributed by atoms with E-state index in [0.717, 1.165) is 13.1 Å². The number of carbonyl (C=O) groups is 2. The van der Waals surface area contributed by atoms with Crippen LogP contribution in [0.2, 0.25) is 0 Å². The zero-order valence-corrected chi connectivity index (χ0v) is 10.1. The first-order chi connectivity index (χ1) is 8.28. The maximum Gasteiger partial charge on any atom is 0.352 e. The van der Waals surface area contributed by atoms with Crippen molar-refractivity contribution in [3.8, 4) is 0 Å². The number of hydrogen-bond acceptors (Lipinski definition) is 3. The lowest BCUT2D eigenvalue weighted by atomic mass is 9.84. The Morgan fingerprint density at radius 3 is 2.33 bits per heavy atom. The van der Waals surface area contributed by atoms with E-state index in [1.54, 1.807) is 0 Å². The molecule has 0 aromatic carbocycles. The highest BCUT2D eigenvalue weighted by molar-refractivity contribution is 5.87. The minimum atomic E-state index is -3.87. The van der Waals surface area contributed by atoms with Crippen molar-refractivity contribution in [3.63, 3.8) is 0 Å². The van der Waals surface area contributed by atoms with Gasteiger partial charge in [0.15, 0.2) is 0 Å². The van der Waals surface area contributed by atoms with Crippen molar-refractivity contribution >= 4 is 11.8 Å². The quantitative estimate of drug-likeness (QED) is 0.698. The number of nitrogens with zero attached hydrogens (tertiary/aromatic N) is 1. The van der Waals surface area contributed by atoms with Crippen LogP contribution in [0.25, 0.3) is 0 Å². The minimum Gasteiger partial charge on any atom is -0.383 e. The summed E-state index contributed by atoms with van der Waals surface area (Å²) in [7, 11) is 1.08. The maximum atomic E-state index is 13.7. The third-order valence-corrected chi connectivity index (χ3v) is 3.17. The highest BCUT2D eigenvalue weighted by Gasteiger charge is 2.58. The standard InChI is InChI=1S/C11H16F2N2O3/c1-3-8(16)15-6-4-10(18,5-7-15)11(12,13)9(17)14-2/h3,18H,1,4-7H2,2H3,(H,14,17). The van der Waals surface area contributed by atoms with Gasteiger partial charge in [0, 0.05) is 33.0 Å². The van der Waals surface area contributed by atoms with Crippen LogP contribution in [0.4, 0.5) is 8.78 Å². The molecule has 0 atom stereocenters. The van der Waals surface area contributed by atoms with E-state index in [1.807, 2.05) is 5.32 Å². The number of nitrogens with one attached hydrogen (secondary N) is 1. The fourth-order valence-electron chi connectivity index (χ4n) is 1.91. The summed E-state index contributed by atoms with van der Waals surface area (Å²) in [5, 5.41) is 11.7. The lowest BCUT2D eigenvalue weighted by molar-refractivity contribution is -0.204. The number of alkyl halides is 2. The van der Waals surface area contributed by atoms with E-state index < -0.39 is 17.4 Å². The third-order valence-electron chi connectivity index (χ3n) is 3.17. The van der Waals surface area contributed by atoms with E-state index in [-0.39, 0.29) is 31.8 Å². The van der Waals surface area contributed by atoms with Crippen molar-refractivity contribution in [1.29, 1.82) is 0 Å². The van der Waals surface area contributed by atoms with Crippen LogP contribution in [-0.4, -0.2) is 53.5 Å². The topological polar surface area (TPSA) is 69.6 Å². The van der Waals surface area contributed by atoms with Gasteiger partial charge in [-0.2, -0.15) is 8.78 Å². The van der Waals surface area contributed by atoms with E-state index in [2.05, 4.69) is 6.58 Å². The van der Waals surface area contributed by atoms with Crippen LogP contribution >= 0.6 is 0 Å². The van der Waals surface area contributed by atoms with E-state index in [4.69, 9.17) is 0 Å². The molecule has 1 saturated heterocycles. The summed E-state index contributed by atoms with van der Waals surface area (Å²) in [6.07, 6.45) is 0.376. The Morgan fingerprint density at radius 1 is 1.44 bits per heavy atom. The van der Waals surface area contributed by atoms with Crippen LogP contribution in [0.1, 0.15) is 12.8 Å². The zero-order chi connectivity index (χ0) is 14.0. The van der Waals surface area contributed by atoms with Gasteiger partial charge in [0.05, 0.1) is 0 Å². The molecule has 0 aromatic rings. The van der Waals surface area contributed by atoms with Gasteiger partial charge in [0.25, 0.3) is 5.91 Å². The second kappa shape index (κ2) is 5.01. The average molecular weight is 262 g/mol. The molecule has 1 aliphatic heterocycles. The number of aliphatic hydroxyl groups is 1. The fourth-order valence-corrected chi connectivity index (χ4v) is 1.91. The van der Waals surface area contributed by atoms with Gasteiger partial charge in [0.2, 0.25) is 5.91 Å². The Kier molecular flexibility index (Phi) is 4.05. The predicted octanol–water partition coefficient (Wildman–Crippen LogP) is -0.0928. The van der Waals surface area contributed by atoms with Gasteiger partial charge >= 0.3 is 5.92 Å². The summed E-state index contributed by atoms with van der Waals surface area (Å²) in [6.45, 7) is 3.23. The fraction of sp³-hybridized carbons (Fsp3) is 0.636. The molecule has 0 bridgehead atoms. The van der Waals surface area contributed by atoms with Crippen molar-refractivity contribution < 1.29 is 23.5 Å². The number of halogens is 2. The average Bonchev–Trinajstić information content (AvgIpc) is 2.37. The lowest BCUT2D eigenvalue weighted by Crippen LogP contribution is -2.61. The molecule has 18 heavy (non-hydrogen) atoms. The Morgan fingerprint density at radius 2 is 1.94 bits per heavy atom. The first-order valence-corrected chi connectivity index (χ1v) is 5.52. The molecule has 0 spiro atoms. The number of likely N-dealkylation sites (tertiary alicyclic amines) is 1. The molecular weight excluding hydrogens is 246 g/mol. The summed E-state index contributed by atoms with van der Waals surface area (Å²) >= 11 is 0. The highest BCUT2D eigenvalue weighted by Crippen LogP contribution is 2.37. The molecule has 1 aliphatic rings. The van der Waals surface area contributed by atoms with Gasteiger partial charge in [-0.05, 0) is 6.08 Å². The summed E-state index contributed by atoms with van der Waals surface area (Å²) in [5.41, 5.74) is -2.41. The molecule has 2 N–H and O–H groups in total. The van der Waals surface area contributed by atoms with Gasteiger partial charge in [-0.3, -0.25) is 9.59 Å². The molecule has 0 unspecified atom stereocenters. The Labute approximate surface area is 103 Å². The molecule has 0 aliphatic carbocycles. The third kappa shape index (κ3) is 2.35. The van der Waals surface area contributed by atoms with Crippen molar-refractivity contribution in [2.24, 2.45) is 0 Å². The van der Waals surface area contributed by atoms with Crippen LogP contribution in [-0.2, 0) is 9.59 Å². The Bertz CT molecular complexity index is 363. The summed E-state index contributed by atoms with van der Waals surface area (Å²) in [5.74, 6) is -5.76. The van der Waals surface area contributed by atoms with Crippen LogP contribution in [0.3, 0.4) is 0 Å². The molecule has 2 amide bonds. The molecule has 0 radical (unpaired) electrons. The summed E-state index contributed by atoms with van der Waals surface area (Å²) < 4.78 is 27.4. The van der Waals surface area contributed by atoms with Crippen LogP contribution in [0.5, 0.6) is 0 Å². The largest absolute Gasteiger partial charge is 0.383 e. The molecule has 0 saturated carbocycles. The SMILES string of the molecule is C=CC(=O)N1CCC(O)(C(F)(F)C(=O)NC)CC1. The summed E-state index contributed by atoms with van der Waals surface area (Å²) in [6, 6.07) is 0. The van der Waals surface area contributed by atoms with Gasteiger partial charge in [-0.1, -0.05) is 6.58 Å². The number of rotatable bonds is 3. The van der Waals surface area contributed by atoms with Crippen molar-refractivity contribution in [1.82, 2.24) is 10.2 Å². The maximum absolute atomic E-state index is 13.7. The van der Waals surface area contributed by atoms with Gasteiger partial charge in [-0.25, -0.2) is 0 Å².